The number of nitrogens with two attached hydrogens (primary N) is 1. The second kappa shape index (κ2) is 6.79. The number of hydrogen-bond acceptors (Lipinski definition) is 3. The first-order valence-corrected chi connectivity index (χ1v) is 9.95. The van der Waals surface area contributed by atoms with Crippen LogP contribution >= 0.6 is 0 Å². The van der Waals surface area contributed by atoms with Crippen LogP contribution < -0.4 is 9.60 Å². The Morgan fingerprint density at radius 3 is 2.22 bits per heavy atom. The Kier molecular flexibility index (Phi) is 4.94. The van der Waals surface area contributed by atoms with Crippen molar-refractivity contribution in [2.24, 2.45) is 5.14 Å². The number of aryl methyl sites for hydroxylation is 1. The van der Waals surface area contributed by atoms with E-state index in [1.54, 1.807) is 24.3 Å². The molecule has 2 aromatic carbocycles. The summed E-state index contributed by atoms with van der Waals surface area (Å²) in [6.07, 6.45) is -4.62. The van der Waals surface area contributed by atoms with Crippen LogP contribution in [0.15, 0.2) is 53.4 Å². The fourth-order valence-electron chi connectivity index (χ4n) is 2.51. The normalized spacial score (nSPS) is 12.3. The molecule has 0 aliphatic rings. The van der Waals surface area contributed by atoms with E-state index >= 15 is 0 Å². The van der Waals surface area contributed by atoms with Gasteiger partial charge in [0.2, 0.25) is 0 Å². The number of aromatic nitrogens is 2. The molecule has 5 nitrogen and oxygen atoms in total. The molecule has 0 unspecified atom stereocenters. The van der Waals surface area contributed by atoms with Gasteiger partial charge >= 0.3 is 162 Å². The number of halogens is 3. The van der Waals surface area contributed by atoms with Gasteiger partial charge in [-0.1, -0.05) is 0 Å². The van der Waals surface area contributed by atoms with Crippen LogP contribution in [0.3, 0.4) is 0 Å². The standard InChI is InChI=1S/C17H13F3N3O2SSe/c1-10-2-4-11(5-3-10)13-9-16(17(18,19)20)22-23(13)12-6-7-14(15(27)8-12)26(21,24)25/h2-9H,1H3,(H2,21,24,25). The molecule has 0 aliphatic carbocycles. The molecule has 0 saturated carbocycles. The summed E-state index contributed by atoms with van der Waals surface area (Å²) in [7, 11) is -3.96. The Labute approximate surface area is 161 Å². The summed E-state index contributed by atoms with van der Waals surface area (Å²) in [5.41, 5.74) is 0.951. The van der Waals surface area contributed by atoms with E-state index in [9.17, 15) is 21.6 Å². The van der Waals surface area contributed by atoms with E-state index in [2.05, 4.69) is 21.1 Å². The fourth-order valence-corrected chi connectivity index (χ4v) is 4.23. The molecule has 0 fully saturated rings. The Morgan fingerprint density at radius 2 is 1.70 bits per heavy atom. The second-order valence-electron chi connectivity index (χ2n) is 5.87. The first-order chi connectivity index (χ1) is 12.5. The zero-order valence-electron chi connectivity index (χ0n) is 13.9. The third-order valence-electron chi connectivity index (χ3n) is 3.83. The SMILES string of the molecule is Cc1ccc(-c2cc(C(F)(F)F)nn2-c2ccc(S(N)(=O)=O)c([Se])c2)cc1. The molecular weight excluding hydrogens is 446 g/mol. The van der Waals surface area contributed by atoms with Crippen molar-refractivity contribution in [1.29, 1.82) is 0 Å². The van der Waals surface area contributed by atoms with Gasteiger partial charge in [-0.2, -0.15) is 0 Å². The number of hydrogen-bond donors (Lipinski definition) is 1. The van der Waals surface area contributed by atoms with Gasteiger partial charge in [-0.15, -0.1) is 0 Å². The molecule has 10 heteroatoms. The monoisotopic (exact) mass is 460 g/mol. The molecule has 0 atom stereocenters. The van der Waals surface area contributed by atoms with Crippen LogP contribution in [0.1, 0.15) is 11.3 Å². The summed E-state index contributed by atoms with van der Waals surface area (Å²) >= 11 is 2.57. The van der Waals surface area contributed by atoms with Crippen molar-refractivity contribution in [3.05, 3.63) is 59.8 Å². The topological polar surface area (TPSA) is 78.0 Å². The molecule has 141 valence electrons. The number of benzene rings is 2. The van der Waals surface area contributed by atoms with Crippen LogP contribution in [0.25, 0.3) is 16.9 Å². The van der Waals surface area contributed by atoms with Gasteiger partial charge in [0.05, 0.1) is 0 Å². The number of alkyl halides is 3. The van der Waals surface area contributed by atoms with Crippen molar-refractivity contribution in [2.75, 3.05) is 0 Å². The van der Waals surface area contributed by atoms with E-state index in [1.807, 2.05) is 6.92 Å². The van der Waals surface area contributed by atoms with E-state index in [0.717, 1.165) is 16.3 Å². The summed E-state index contributed by atoms with van der Waals surface area (Å²) < 4.78 is 64.0. The summed E-state index contributed by atoms with van der Waals surface area (Å²) in [5, 5.41) is 8.80. The van der Waals surface area contributed by atoms with Gasteiger partial charge in [-0.3, -0.25) is 0 Å². The van der Waals surface area contributed by atoms with Crippen LogP contribution in [-0.2, 0) is 16.2 Å². The molecule has 27 heavy (non-hydrogen) atoms. The summed E-state index contributed by atoms with van der Waals surface area (Å²) in [6.45, 7) is 1.87. The van der Waals surface area contributed by atoms with Crippen molar-refractivity contribution in [3.8, 4) is 16.9 Å². The zero-order valence-corrected chi connectivity index (χ0v) is 16.4. The van der Waals surface area contributed by atoms with Gasteiger partial charge in [-0.05, 0) is 0 Å². The van der Waals surface area contributed by atoms with Crippen LogP contribution in [0.5, 0.6) is 0 Å². The molecule has 0 amide bonds. The summed E-state index contributed by atoms with van der Waals surface area (Å²) in [5.74, 6) is 0. The minimum absolute atomic E-state index is 0.147. The first-order valence-electron chi connectivity index (χ1n) is 7.55. The van der Waals surface area contributed by atoms with Crippen LogP contribution in [0, 0.1) is 6.92 Å². The fraction of sp³-hybridized carbons (Fsp3) is 0.118. The zero-order chi connectivity index (χ0) is 20.0. The van der Waals surface area contributed by atoms with Crippen LogP contribution in [0.2, 0.25) is 0 Å². The van der Waals surface area contributed by atoms with Crippen molar-refractivity contribution < 1.29 is 21.6 Å². The van der Waals surface area contributed by atoms with Gasteiger partial charge in [0.25, 0.3) is 0 Å². The third kappa shape index (κ3) is 4.08. The quantitative estimate of drug-likeness (QED) is 0.611. The molecule has 0 aliphatic heterocycles. The molecule has 2 N–H and O–H groups in total. The molecule has 1 heterocycles. The van der Waals surface area contributed by atoms with Gasteiger partial charge in [0.1, 0.15) is 0 Å². The van der Waals surface area contributed by atoms with Crippen molar-refractivity contribution in [1.82, 2.24) is 9.78 Å². The summed E-state index contributed by atoms with van der Waals surface area (Å²) in [6, 6.07) is 11.9. The predicted molar refractivity (Wildman–Crippen MR) is 95.5 cm³/mol. The van der Waals surface area contributed by atoms with Crippen LogP contribution in [-0.4, -0.2) is 34.2 Å². The van der Waals surface area contributed by atoms with E-state index in [1.165, 1.54) is 18.2 Å². The van der Waals surface area contributed by atoms with Crippen molar-refractivity contribution in [2.45, 2.75) is 18.0 Å². The number of primary sulfonamides is 1. The van der Waals surface area contributed by atoms with Crippen molar-refractivity contribution in [3.63, 3.8) is 0 Å². The van der Waals surface area contributed by atoms with Crippen molar-refractivity contribution >= 4 is 30.5 Å². The maximum atomic E-state index is 13.2. The molecule has 1 aromatic heterocycles. The van der Waals surface area contributed by atoms with Gasteiger partial charge in [0.15, 0.2) is 0 Å². The molecule has 3 aromatic rings. The molecule has 1 radical (unpaired) electrons. The van der Waals surface area contributed by atoms with Gasteiger partial charge in [0, 0.05) is 0 Å². The second-order valence-corrected chi connectivity index (χ2v) is 8.32. The average molecular weight is 459 g/mol. The maximum absolute atomic E-state index is 13.2. The molecule has 3 rings (SSSR count). The molecule has 0 bridgehead atoms. The number of sulfonamides is 1. The molecule has 0 spiro atoms. The minimum atomic E-state index is -4.62. The Hall–Kier alpha value is -2.13. The van der Waals surface area contributed by atoms with Gasteiger partial charge < -0.3 is 0 Å². The Morgan fingerprint density at radius 1 is 1.07 bits per heavy atom. The Balaban J connectivity index is 2.21. The number of nitrogens with zero attached hydrogens (tertiary/aromatic N) is 2. The van der Waals surface area contributed by atoms with E-state index in [4.69, 9.17) is 5.14 Å². The summed E-state index contributed by atoms with van der Waals surface area (Å²) in [4.78, 5) is -0.147. The molecular formula is C17H13F3N3O2SSe. The third-order valence-corrected chi connectivity index (χ3v) is 5.79. The van der Waals surface area contributed by atoms with Gasteiger partial charge in [-0.25, -0.2) is 0 Å². The van der Waals surface area contributed by atoms with Crippen LogP contribution in [0.4, 0.5) is 13.2 Å². The van der Waals surface area contributed by atoms with E-state index in [0.29, 0.717) is 5.56 Å². The predicted octanol–water partition coefficient (Wildman–Crippen LogP) is 2.31. The molecule has 0 saturated heterocycles. The first kappa shape index (κ1) is 19.6. The Bertz CT molecular complexity index is 1110. The average Bonchev–Trinajstić information content (AvgIpc) is 2.99. The number of rotatable bonds is 3. The van der Waals surface area contributed by atoms with E-state index in [-0.39, 0.29) is 20.7 Å². The van der Waals surface area contributed by atoms with E-state index < -0.39 is 21.9 Å².